The summed E-state index contributed by atoms with van der Waals surface area (Å²) in [7, 11) is 1.88. The Bertz CT molecular complexity index is 1160. The normalized spacial score (nSPS) is 10.7. The Balaban J connectivity index is 1.37. The maximum atomic E-state index is 12.2. The third kappa shape index (κ3) is 5.03. The number of benzene rings is 1. The number of aryl methyl sites for hydroxylation is 1. The van der Waals surface area contributed by atoms with E-state index in [-0.39, 0.29) is 17.5 Å². The lowest BCUT2D eigenvalue weighted by molar-refractivity contribution is -0.115. The minimum absolute atomic E-state index is 0.157. The first-order chi connectivity index (χ1) is 14.5. The number of aromatic nitrogens is 6. The molecule has 1 aromatic carbocycles. The minimum atomic E-state index is -0.157. The molecule has 0 spiro atoms. The van der Waals surface area contributed by atoms with Gasteiger partial charge in [-0.3, -0.25) is 9.48 Å². The van der Waals surface area contributed by atoms with Crippen LogP contribution in [0.4, 0.5) is 5.69 Å². The Hall–Kier alpha value is -3.65. The summed E-state index contributed by atoms with van der Waals surface area (Å²) >= 11 is 5.78. The van der Waals surface area contributed by atoms with E-state index in [1.165, 1.54) is 6.20 Å². The summed E-state index contributed by atoms with van der Waals surface area (Å²) in [5.74, 6) is 0.584. The van der Waals surface area contributed by atoms with E-state index < -0.39 is 0 Å². The molecule has 0 saturated heterocycles. The zero-order chi connectivity index (χ0) is 20.9. The van der Waals surface area contributed by atoms with Crippen molar-refractivity contribution in [1.82, 2.24) is 29.9 Å². The molecule has 0 unspecified atom stereocenters. The fourth-order valence-electron chi connectivity index (χ4n) is 2.96. The van der Waals surface area contributed by atoms with Crippen LogP contribution in [0.1, 0.15) is 17.0 Å². The van der Waals surface area contributed by atoms with Gasteiger partial charge in [-0.25, -0.2) is 9.97 Å². The summed E-state index contributed by atoms with van der Waals surface area (Å²) in [6, 6.07) is 9.28. The first-order valence-electron chi connectivity index (χ1n) is 9.21. The van der Waals surface area contributed by atoms with E-state index in [0.717, 1.165) is 28.1 Å². The molecule has 4 rings (SSSR count). The van der Waals surface area contributed by atoms with E-state index in [1.54, 1.807) is 23.1 Å². The molecule has 0 radical (unpaired) electrons. The zero-order valence-electron chi connectivity index (χ0n) is 16.2. The third-order valence-corrected chi connectivity index (χ3v) is 4.57. The molecule has 3 heterocycles. The van der Waals surface area contributed by atoms with Gasteiger partial charge in [-0.1, -0.05) is 35.9 Å². The fraction of sp³-hybridized carbons (Fsp3) is 0.143. The Labute approximate surface area is 178 Å². The lowest BCUT2D eigenvalue weighted by Gasteiger charge is -2.06. The highest BCUT2D eigenvalue weighted by molar-refractivity contribution is 6.29. The van der Waals surface area contributed by atoms with Crippen molar-refractivity contribution in [3.05, 3.63) is 83.4 Å². The molecule has 0 saturated carbocycles. The van der Waals surface area contributed by atoms with Crippen LogP contribution in [0.2, 0.25) is 5.15 Å². The van der Waals surface area contributed by atoms with Crippen molar-refractivity contribution in [2.45, 2.75) is 12.8 Å². The molecule has 0 bridgehead atoms. The number of halogens is 1. The van der Waals surface area contributed by atoms with Gasteiger partial charge >= 0.3 is 0 Å². The van der Waals surface area contributed by atoms with Crippen LogP contribution in [-0.2, 0) is 24.7 Å². The topological polar surface area (TPSA) is 98.5 Å². The van der Waals surface area contributed by atoms with Gasteiger partial charge in [0.05, 0.1) is 24.5 Å². The highest BCUT2D eigenvalue weighted by Crippen LogP contribution is 2.19. The molecule has 1 N–H and O–H groups in total. The number of hydrogen-bond donors (Lipinski definition) is 1. The van der Waals surface area contributed by atoms with Gasteiger partial charge in [0.25, 0.3) is 0 Å². The smallest absolute Gasteiger partial charge is 0.228 e. The minimum Gasteiger partial charge on any atom is -0.324 e. The molecule has 4 aromatic rings. The SMILES string of the molecule is Cn1cc(Cc2ncc(-c3ccc(CC(=O)Nc4cnnc(Cl)c4)cc3)cn2)cn1. The molecule has 0 fully saturated rings. The Morgan fingerprint density at radius 2 is 1.80 bits per heavy atom. The number of hydrogen-bond acceptors (Lipinski definition) is 6. The van der Waals surface area contributed by atoms with E-state index in [9.17, 15) is 4.79 Å². The maximum absolute atomic E-state index is 12.2. The lowest BCUT2D eigenvalue weighted by Crippen LogP contribution is -2.14. The molecule has 30 heavy (non-hydrogen) atoms. The van der Waals surface area contributed by atoms with Crippen molar-refractivity contribution in [3.8, 4) is 11.1 Å². The number of rotatable bonds is 6. The summed E-state index contributed by atoms with van der Waals surface area (Å²) in [5, 5.41) is 14.5. The van der Waals surface area contributed by atoms with Crippen LogP contribution in [0.15, 0.2) is 61.3 Å². The number of anilines is 1. The zero-order valence-corrected chi connectivity index (χ0v) is 16.9. The second-order valence-electron chi connectivity index (χ2n) is 6.78. The van der Waals surface area contributed by atoms with Crippen molar-refractivity contribution in [1.29, 1.82) is 0 Å². The quantitative estimate of drug-likeness (QED) is 0.515. The van der Waals surface area contributed by atoms with E-state index >= 15 is 0 Å². The lowest BCUT2D eigenvalue weighted by atomic mass is 10.0. The Morgan fingerprint density at radius 3 is 2.47 bits per heavy atom. The first kappa shape index (κ1) is 19.7. The molecule has 0 aliphatic rings. The second-order valence-corrected chi connectivity index (χ2v) is 7.16. The van der Waals surface area contributed by atoms with Crippen LogP contribution < -0.4 is 5.32 Å². The molecule has 0 aliphatic carbocycles. The number of carbonyl (C=O) groups excluding carboxylic acids is 1. The van der Waals surface area contributed by atoms with Gasteiger partial charge in [-0.15, -0.1) is 5.10 Å². The fourth-order valence-corrected chi connectivity index (χ4v) is 3.12. The predicted octanol–water partition coefficient (Wildman–Crippen LogP) is 3.09. The summed E-state index contributed by atoms with van der Waals surface area (Å²) < 4.78 is 1.76. The van der Waals surface area contributed by atoms with Crippen LogP contribution in [0, 0.1) is 0 Å². The summed E-state index contributed by atoms with van der Waals surface area (Å²) in [4.78, 5) is 21.1. The largest absolute Gasteiger partial charge is 0.324 e. The number of nitrogens with one attached hydrogen (secondary N) is 1. The third-order valence-electron chi connectivity index (χ3n) is 4.39. The van der Waals surface area contributed by atoms with E-state index in [1.807, 2.05) is 43.7 Å². The van der Waals surface area contributed by atoms with Gasteiger partial charge in [0.2, 0.25) is 5.91 Å². The van der Waals surface area contributed by atoms with Crippen molar-refractivity contribution in [2.24, 2.45) is 7.05 Å². The molecule has 0 aliphatic heterocycles. The van der Waals surface area contributed by atoms with Crippen molar-refractivity contribution in [2.75, 3.05) is 5.32 Å². The Kier molecular flexibility index (Phi) is 5.76. The van der Waals surface area contributed by atoms with Crippen molar-refractivity contribution >= 4 is 23.2 Å². The van der Waals surface area contributed by atoms with Gasteiger partial charge in [0.1, 0.15) is 5.82 Å². The van der Waals surface area contributed by atoms with Crippen LogP contribution >= 0.6 is 11.6 Å². The van der Waals surface area contributed by atoms with Crippen LogP contribution in [0.5, 0.6) is 0 Å². The Morgan fingerprint density at radius 1 is 1.03 bits per heavy atom. The molecule has 150 valence electrons. The summed E-state index contributed by atoms with van der Waals surface area (Å²) in [6.07, 6.45) is 9.70. The molecule has 9 heteroatoms. The first-order valence-corrected chi connectivity index (χ1v) is 9.59. The standard InChI is InChI=1S/C21H18ClN7O/c1-29-13-15(9-26-29)6-20-23-10-17(11-24-20)16-4-2-14(3-5-16)7-21(30)27-18-8-19(22)28-25-12-18/h2-5,8-13H,6-7H2,1H3,(H,27,28,30). The number of amides is 1. The van der Waals surface area contributed by atoms with E-state index in [4.69, 9.17) is 11.6 Å². The number of nitrogens with zero attached hydrogens (tertiary/aromatic N) is 6. The molecule has 3 aromatic heterocycles. The van der Waals surface area contributed by atoms with Crippen LogP contribution in [0.25, 0.3) is 11.1 Å². The van der Waals surface area contributed by atoms with Crippen LogP contribution in [0.3, 0.4) is 0 Å². The second kappa shape index (κ2) is 8.79. The van der Waals surface area contributed by atoms with Gasteiger partial charge in [-0.05, 0) is 16.7 Å². The average Bonchev–Trinajstić information content (AvgIpc) is 3.14. The van der Waals surface area contributed by atoms with E-state index in [0.29, 0.717) is 12.1 Å². The van der Waals surface area contributed by atoms with Gasteiger partial charge in [0.15, 0.2) is 5.15 Å². The van der Waals surface area contributed by atoms with Crippen molar-refractivity contribution < 1.29 is 4.79 Å². The van der Waals surface area contributed by atoms with Gasteiger partial charge < -0.3 is 5.32 Å². The summed E-state index contributed by atoms with van der Waals surface area (Å²) in [6.45, 7) is 0. The van der Waals surface area contributed by atoms with E-state index in [2.05, 4.69) is 30.6 Å². The van der Waals surface area contributed by atoms with Gasteiger partial charge in [0, 0.05) is 43.7 Å². The molecule has 8 nitrogen and oxygen atoms in total. The molecule has 1 amide bonds. The van der Waals surface area contributed by atoms with Gasteiger partial charge in [-0.2, -0.15) is 10.2 Å². The average molecular weight is 420 g/mol. The van der Waals surface area contributed by atoms with Crippen LogP contribution in [-0.4, -0.2) is 35.9 Å². The molecule has 0 atom stereocenters. The maximum Gasteiger partial charge on any atom is 0.228 e. The predicted molar refractivity (Wildman–Crippen MR) is 113 cm³/mol. The monoisotopic (exact) mass is 419 g/mol. The van der Waals surface area contributed by atoms with Crippen molar-refractivity contribution in [3.63, 3.8) is 0 Å². The highest BCUT2D eigenvalue weighted by Gasteiger charge is 2.07. The molecular formula is C21H18ClN7O. The number of carbonyl (C=O) groups is 1. The highest BCUT2D eigenvalue weighted by atomic mass is 35.5. The molecular weight excluding hydrogens is 402 g/mol. The summed E-state index contributed by atoms with van der Waals surface area (Å²) in [5.41, 5.74) is 4.37.